The summed E-state index contributed by atoms with van der Waals surface area (Å²) in [6.45, 7) is 6.20. The van der Waals surface area contributed by atoms with E-state index in [-0.39, 0.29) is 24.7 Å². The Morgan fingerprint density at radius 3 is 2.32 bits per heavy atom. The van der Waals surface area contributed by atoms with Gasteiger partial charge in [0.05, 0.1) is 30.0 Å². The second kappa shape index (κ2) is 13.5. The van der Waals surface area contributed by atoms with E-state index < -0.39 is 12.0 Å². The molecule has 9 nitrogen and oxygen atoms in total. The normalized spacial score (nSPS) is 16.8. The van der Waals surface area contributed by atoms with Gasteiger partial charge in [0, 0.05) is 28.8 Å². The zero-order valence-electron chi connectivity index (χ0n) is 24.6. The number of urea groups is 2. The van der Waals surface area contributed by atoms with Crippen molar-refractivity contribution >= 4 is 46.9 Å². The number of ether oxygens (including phenoxy) is 2. The molecule has 4 amide bonds. The van der Waals surface area contributed by atoms with Gasteiger partial charge in [-0.1, -0.05) is 35.3 Å². The van der Waals surface area contributed by atoms with Gasteiger partial charge in [-0.15, -0.1) is 0 Å². The molecule has 2 aliphatic heterocycles. The van der Waals surface area contributed by atoms with Crippen LogP contribution in [-0.2, 0) is 9.53 Å². The maximum Gasteiger partial charge on any atom is 0.344 e. The number of benzene rings is 3. The lowest BCUT2D eigenvalue weighted by Crippen LogP contribution is -2.49. The molecule has 0 aromatic heterocycles. The van der Waals surface area contributed by atoms with Crippen LogP contribution < -0.4 is 10.1 Å². The number of aliphatic imine (C=N–C) groups is 1. The first-order chi connectivity index (χ1) is 21.1. The molecule has 0 bridgehead atoms. The number of carbonyl (C=O) groups excluding carboxylic acids is 3. The molecule has 1 atom stereocenters. The van der Waals surface area contributed by atoms with Gasteiger partial charge in [0.2, 0.25) is 0 Å². The molecular formula is C33H32Cl2N4O5. The van der Waals surface area contributed by atoms with E-state index in [2.05, 4.69) is 10.3 Å². The minimum Gasteiger partial charge on any atom is -0.459 e. The highest BCUT2D eigenvalue weighted by Crippen LogP contribution is 2.36. The molecule has 1 unspecified atom stereocenters. The fourth-order valence-corrected chi connectivity index (χ4v) is 5.49. The third kappa shape index (κ3) is 7.23. The van der Waals surface area contributed by atoms with Gasteiger partial charge in [-0.25, -0.2) is 14.4 Å². The average molecular weight is 636 g/mol. The van der Waals surface area contributed by atoms with Crippen molar-refractivity contribution in [2.24, 2.45) is 4.99 Å². The highest BCUT2D eigenvalue weighted by atomic mass is 35.5. The number of hydrogen-bond donors (Lipinski definition) is 1. The molecule has 2 heterocycles. The van der Waals surface area contributed by atoms with E-state index >= 15 is 0 Å². The summed E-state index contributed by atoms with van der Waals surface area (Å²) in [6, 6.07) is 20.1. The van der Waals surface area contributed by atoms with Gasteiger partial charge < -0.3 is 24.6 Å². The lowest BCUT2D eigenvalue weighted by Gasteiger charge is -2.38. The van der Waals surface area contributed by atoms with Crippen LogP contribution in [0.3, 0.4) is 0 Å². The molecule has 2 aliphatic rings. The number of rotatable bonds is 10. The van der Waals surface area contributed by atoms with Crippen molar-refractivity contribution in [2.45, 2.75) is 39.3 Å². The number of allylic oxidation sites excluding steroid dienone is 1. The summed E-state index contributed by atoms with van der Waals surface area (Å²) in [5, 5.41) is 3.91. The Morgan fingerprint density at radius 2 is 1.66 bits per heavy atom. The second-order valence-electron chi connectivity index (χ2n) is 10.8. The molecule has 0 saturated carbocycles. The number of esters is 1. The van der Waals surface area contributed by atoms with Crippen LogP contribution in [0.4, 0.5) is 9.59 Å². The number of hydrogen-bond acceptors (Lipinski definition) is 5. The van der Waals surface area contributed by atoms with Crippen LogP contribution >= 0.6 is 23.2 Å². The molecule has 11 heteroatoms. The fraction of sp³-hybridized carbons (Fsp3) is 0.273. The summed E-state index contributed by atoms with van der Waals surface area (Å²) >= 11 is 12.2. The Hall–Kier alpha value is -4.34. The van der Waals surface area contributed by atoms with E-state index in [9.17, 15) is 14.4 Å². The molecule has 0 radical (unpaired) electrons. The van der Waals surface area contributed by atoms with Crippen molar-refractivity contribution in [3.05, 3.63) is 105 Å². The minimum absolute atomic E-state index is 0.268. The standard InChI is InChI=1S/C33H32Cl2N4O5/c1-20(2)43-31(40)29-21(3)36-33(42)39(30(29)23-6-4-7-25(35)18-23)17-5-16-38-19-28(37-32(38)41)22-8-12-26(13-9-22)44-27-14-10-24(34)11-15-27/h4,6-15,18,20,30H,5,16-17,19H2,1-3H3,(H,36,42). The van der Waals surface area contributed by atoms with E-state index in [4.69, 9.17) is 32.7 Å². The predicted molar refractivity (Wildman–Crippen MR) is 169 cm³/mol. The first kappa shape index (κ1) is 31.1. The number of amides is 4. The van der Waals surface area contributed by atoms with Crippen molar-refractivity contribution in [3.8, 4) is 11.5 Å². The Morgan fingerprint density at radius 1 is 0.977 bits per heavy atom. The zero-order chi connectivity index (χ0) is 31.4. The first-order valence-corrected chi connectivity index (χ1v) is 15.0. The van der Waals surface area contributed by atoms with Gasteiger partial charge >= 0.3 is 18.0 Å². The van der Waals surface area contributed by atoms with Gasteiger partial charge in [0.15, 0.2) is 0 Å². The maximum atomic E-state index is 13.2. The number of halogens is 2. The van der Waals surface area contributed by atoms with E-state index in [1.165, 1.54) is 0 Å². The highest BCUT2D eigenvalue weighted by molar-refractivity contribution is 6.30. The second-order valence-corrected chi connectivity index (χ2v) is 11.6. The lowest BCUT2D eigenvalue weighted by molar-refractivity contribution is -0.143. The van der Waals surface area contributed by atoms with Crippen molar-refractivity contribution < 1.29 is 23.9 Å². The molecule has 0 aliphatic carbocycles. The van der Waals surface area contributed by atoms with Crippen LogP contribution in [0, 0.1) is 0 Å². The Balaban J connectivity index is 1.24. The van der Waals surface area contributed by atoms with E-state index in [1.807, 2.05) is 30.3 Å². The van der Waals surface area contributed by atoms with Crippen LogP contribution in [0.5, 0.6) is 11.5 Å². The third-order valence-corrected chi connectivity index (χ3v) is 7.66. The summed E-state index contributed by atoms with van der Waals surface area (Å²) in [5.41, 5.74) is 2.92. The minimum atomic E-state index is -0.705. The number of nitrogens with one attached hydrogen (secondary N) is 1. The van der Waals surface area contributed by atoms with Crippen molar-refractivity contribution in [2.75, 3.05) is 19.6 Å². The molecule has 0 spiro atoms. The molecule has 228 valence electrons. The smallest absolute Gasteiger partial charge is 0.344 e. The highest BCUT2D eigenvalue weighted by Gasteiger charge is 2.39. The summed E-state index contributed by atoms with van der Waals surface area (Å²) in [6.07, 6.45) is 0.120. The molecule has 3 aromatic carbocycles. The zero-order valence-corrected chi connectivity index (χ0v) is 26.1. The first-order valence-electron chi connectivity index (χ1n) is 14.2. The largest absolute Gasteiger partial charge is 0.459 e. The number of carbonyl (C=O) groups is 3. The predicted octanol–water partition coefficient (Wildman–Crippen LogP) is 7.39. The Kier molecular flexibility index (Phi) is 9.56. The van der Waals surface area contributed by atoms with Gasteiger partial charge in [0.1, 0.15) is 11.5 Å². The monoisotopic (exact) mass is 634 g/mol. The van der Waals surface area contributed by atoms with Crippen molar-refractivity contribution in [1.29, 1.82) is 0 Å². The molecule has 44 heavy (non-hydrogen) atoms. The molecular weight excluding hydrogens is 603 g/mol. The van der Waals surface area contributed by atoms with Crippen molar-refractivity contribution in [3.63, 3.8) is 0 Å². The molecule has 5 rings (SSSR count). The average Bonchev–Trinajstić information content (AvgIpc) is 3.35. The van der Waals surface area contributed by atoms with Gasteiger partial charge in [0.25, 0.3) is 0 Å². The van der Waals surface area contributed by atoms with E-state index in [0.717, 1.165) is 5.56 Å². The van der Waals surface area contributed by atoms with Crippen molar-refractivity contribution in [1.82, 2.24) is 15.1 Å². The van der Waals surface area contributed by atoms with Crippen LogP contribution in [-0.4, -0.2) is 59.3 Å². The third-order valence-electron chi connectivity index (χ3n) is 7.18. The molecule has 0 saturated heterocycles. The topological polar surface area (TPSA) is 101 Å². The summed E-state index contributed by atoms with van der Waals surface area (Å²) in [5.74, 6) is 0.800. The van der Waals surface area contributed by atoms with Crippen LogP contribution in [0.15, 0.2) is 89.1 Å². The Bertz CT molecular complexity index is 1620. The summed E-state index contributed by atoms with van der Waals surface area (Å²) < 4.78 is 11.4. The fourth-order valence-electron chi connectivity index (χ4n) is 5.16. The lowest BCUT2D eigenvalue weighted by atomic mass is 9.93. The van der Waals surface area contributed by atoms with Crippen LogP contribution in [0.1, 0.15) is 44.4 Å². The molecule has 1 N–H and O–H groups in total. The van der Waals surface area contributed by atoms with Gasteiger partial charge in [-0.05, 0) is 99.0 Å². The quantitative estimate of drug-likeness (QED) is 0.234. The molecule has 0 fully saturated rings. The molecule has 3 aromatic rings. The van der Waals surface area contributed by atoms with E-state index in [0.29, 0.717) is 63.6 Å². The SMILES string of the molecule is CC1=C(C(=O)OC(C)C)C(c2cccc(Cl)c2)N(CCCN2CC(c3ccc(Oc4ccc(Cl)cc4)cc3)=NC2=O)C(=O)N1. The maximum absolute atomic E-state index is 13.2. The summed E-state index contributed by atoms with van der Waals surface area (Å²) in [7, 11) is 0. The number of nitrogens with zero attached hydrogens (tertiary/aromatic N) is 3. The van der Waals surface area contributed by atoms with Crippen LogP contribution in [0.2, 0.25) is 10.0 Å². The summed E-state index contributed by atoms with van der Waals surface area (Å²) in [4.78, 5) is 46.7. The Labute approximate surface area is 266 Å². The van der Waals surface area contributed by atoms with E-state index in [1.54, 1.807) is 73.0 Å². The van der Waals surface area contributed by atoms with Gasteiger partial charge in [-0.3, -0.25) is 0 Å². The van der Waals surface area contributed by atoms with Gasteiger partial charge in [-0.2, -0.15) is 4.99 Å². The van der Waals surface area contributed by atoms with Crippen LogP contribution in [0.25, 0.3) is 0 Å².